The van der Waals surface area contributed by atoms with Gasteiger partial charge in [0.15, 0.2) is 0 Å². The molecule has 0 spiro atoms. The smallest absolute Gasteiger partial charge is 0.119 e. The molecule has 0 radical (unpaired) electrons. The highest BCUT2D eigenvalue weighted by Crippen LogP contribution is 2.15. The van der Waals surface area contributed by atoms with Crippen molar-refractivity contribution in [3.63, 3.8) is 0 Å². The average Bonchev–Trinajstić information content (AvgIpc) is 2.53. The Kier molecular flexibility index (Phi) is 5.16. The summed E-state index contributed by atoms with van der Waals surface area (Å²) < 4.78 is 5.72. The van der Waals surface area contributed by atoms with E-state index < -0.39 is 0 Å². The molecule has 0 heterocycles. The second-order valence-electron chi connectivity index (χ2n) is 4.59. The predicted octanol–water partition coefficient (Wildman–Crippen LogP) is 2.92. The van der Waals surface area contributed by atoms with E-state index in [4.69, 9.17) is 10.00 Å². The lowest BCUT2D eigenvalue weighted by molar-refractivity contribution is 0.306. The van der Waals surface area contributed by atoms with Gasteiger partial charge in [0.05, 0.1) is 12.1 Å². The van der Waals surface area contributed by atoms with Crippen molar-refractivity contribution in [2.45, 2.75) is 19.1 Å². The van der Waals surface area contributed by atoms with E-state index in [1.54, 1.807) is 7.05 Å². The van der Waals surface area contributed by atoms with Crippen LogP contribution in [0.4, 0.5) is 0 Å². The molecule has 0 saturated carbocycles. The third kappa shape index (κ3) is 4.11. The van der Waals surface area contributed by atoms with Crippen LogP contribution < -0.4 is 10.1 Å². The van der Waals surface area contributed by atoms with Crippen molar-refractivity contribution >= 4 is 0 Å². The van der Waals surface area contributed by atoms with Gasteiger partial charge in [-0.05, 0) is 30.3 Å². The molecule has 2 aromatic rings. The summed E-state index contributed by atoms with van der Waals surface area (Å²) in [6, 6.07) is 20.0. The molecule has 0 saturated heterocycles. The van der Waals surface area contributed by atoms with Crippen molar-refractivity contribution in [2.75, 3.05) is 7.05 Å². The zero-order valence-electron chi connectivity index (χ0n) is 11.5. The van der Waals surface area contributed by atoms with Gasteiger partial charge >= 0.3 is 0 Å². The van der Waals surface area contributed by atoms with Crippen LogP contribution in [0.2, 0.25) is 0 Å². The van der Waals surface area contributed by atoms with Crippen molar-refractivity contribution in [1.82, 2.24) is 5.32 Å². The van der Waals surface area contributed by atoms with Crippen LogP contribution in [-0.2, 0) is 13.0 Å². The summed E-state index contributed by atoms with van der Waals surface area (Å²) in [4.78, 5) is 0. The lowest BCUT2D eigenvalue weighted by Gasteiger charge is -2.09. The van der Waals surface area contributed by atoms with Gasteiger partial charge in [-0.25, -0.2) is 0 Å². The molecule has 0 bridgehead atoms. The molecule has 1 N–H and O–H groups in total. The predicted molar refractivity (Wildman–Crippen MR) is 79.4 cm³/mol. The number of ether oxygens (including phenoxy) is 1. The van der Waals surface area contributed by atoms with Crippen LogP contribution in [-0.4, -0.2) is 13.1 Å². The minimum Gasteiger partial charge on any atom is -0.489 e. The first-order chi connectivity index (χ1) is 9.81. The number of nitrogens with zero attached hydrogens (tertiary/aromatic N) is 1. The second-order valence-corrected chi connectivity index (χ2v) is 4.59. The van der Waals surface area contributed by atoms with Gasteiger partial charge in [-0.3, -0.25) is 0 Å². The minimum atomic E-state index is -0.147. The number of benzene rings is 2. The van der Waals surface area contributed by atoms with Gasteiger partial charge in [-0.2, -0.15) is 5.26 Å². The van der Waals surface area contributed by atoms with E-state index in [1.165, 1.54) is 0 Å². The molecule has 3 heteroatoms. The third-order valence-electron chi connectivity index (χ3n) is 3.12. The largest absolute Gasteiger partial charge is 0.489 e. The summed E-state index contributed by atoms with van der Waals surface area (Å²) in [5.41, 5.74) is 2.27. The number of nitriles is 1. The van der Waals surface area contributed by atoms with E-state index in [2.05, 4.69) is 11.4 Å². The highest BCUT2D eigenvalue weighted by atomic mass is 16.5. The van der Waals surface area contributed by atoms with Gasteiger partial charge in [0, 0.05) is 6.42 Å². The number of likely N-dealkylation sites (N-methyl/N-ethyl adjacent to an activating group) is 1. The maximum absolute atomic E-state index is 8.92. The molecule has 2 aromatic carbocycles. The topological polar surface area (TPSA) is 45.0 Å². The SMILES string of the molecule is CNC(C#N)Cc1ccc(OCc2ccccc2)cc1. The summed E-state index contributed by atoms with van der Waals surface area (Å²) in [7, 11) is 1.80. The van der Waals surface area contributed by atoms with Gasteiger partial charge in [0.2, 0.25) is 0 Å². The van der Waals surface area contributed by atoms with E-state index in [0.29, 0.717) is 13.0 Å². The summed E-state index contributed by atoms with van der Waals surface area (Å²) in [5.74, 6) is 0.843. The highest BCUT2D eigenvalue weighted by molar-refractivity contribution is 5.29. The second kappa shape index (κ2) is 7.32. The quantitative estimate of drug-likeness (QED) is 0.874. The molecule has 0 aliphatic rings. The molecule has 2 rings (SSSR count). The van der Waals surface area contributed by atoms with Crippen LogP contribution in [0.25, 0.3) is 0 Å². The summed E-state index contributed by atoms with van der Waals surface area (Å²) in [6.45, 7) is 0.567. The highest BCUT2D eigenvalue weighted by Gasteiger charge is 2.05. The molecular weight excluding hydrogens is 248 g/mol. The van der Waals surface area contributed by atoms with Crippen LogP contribution in [0.1, 0.15) is 11.1 Å². The number of hydrogen-bond donors (Lipinski definition) is 1. The Morgan fingerprint density at radius 1 is 1.05 bits per heavy atom. The van der Waals surface area contributed by atoms with Crippen molar-refractivity contribution in [2.24, 2.45) is 0 Å². The maximum Gasteiger partial charge on any atom is 0.119 e. The molecule has 1 unspecified atom stereocenters. The van der Waals surface area contributed by atoms with Gasteiger partial charge < -0.3 is 10.1 Å². The number of rotatable bonds is 6. The third-order valence-corrected chi connectivity index (χ3v) is 3.12. The minimum absolute atomic E-state index is 0.147. The summed E-state index contributed by atoms with van der Waals surface area (Å²) in [5, 5.41) is 11.9. The van der Waals surface area contributed by atoms with Crippen LogP contribution in [0.3, 0.4) is 0 Å². The zero-order valence-corrected chi connectivity index (χ0v) is 11.5. The first-order valence-electron chi connectivity index (χ1n) is 6.64. The van der Waals surface area contributed by atoms with E-state index in [1.807, 2.05) is 54.6 Å². The molecule has 0 aromatic heterocycles. The summed E-state index contributed by atoms with van der Waals surface area (Å²) in [6.07, 6.45) is 0.700. The van der Waals surface area contributed by atoms with Crippen LogP contribution in [0, 0.1) is 11.3 Å². The molecule has 0 amide bonds. The molecule has 3 nitrogen and oxygen atoms in total. The molecule has 0 aliphatic carbocycles. The first kappa shape index (κ1) is 14.1. The Labute approximate surface area is 119 Å². The lowest BCUT2D eigenvalue weighted by atomic mass is 10.1. The molecule has 20 heavy (non-hydrogen) atoms. The van der Waals surface area contributed by atoms with Gasteiger partial charge in [-0.1, -0.05) is 42.5 Å². The molecule has 0 aliphatic heterocycles. The Morgan fingerprint density at radius 2 is 1.75 bits per heavy atom. The van der Waals surface area contributed by atoms with Gasteiger partial charge in [0.1, 0.15) is 12.4 Å². The van der Waals surface area contributed by atoms with Gasteiger partial charge in [0.25, 0.3) is 0 Å². The van der Waals surface area contributed by atoms with E-state index in [0.717, 1.165) is 16.9 Å². The van der Waals surface area contributed by atoms with Crippen molar-refractivity contribution in [3.05, 3.63) is 65.7 Å². The zero-order chi connectivity index (χ0) is 14.2. The van der Waals surface area contributed by atoms with Gasteiger partial charge in [-0.15, -0.1) is 0 Å². The van der Waals surface area contributed by atoms with Crippen molar-refractivity contribution in [3.8, 4) is 11.8 Å². The average molecular weight is 266 g/mol. The van der Waals surface area contributed by atoms with Crippen molar-refractivity contribution < 1.29 is 4.74 Å². The normalized spacial score (nSPS) is 11.6. The van der Waals surface area contributed by atoms with Crippen molar-refractivity contribution in [1.29, 1.82) is 5.26 Å². The Bertz CT molecular complexity index is 558. The summed E-state index contributed by atoms with van der Waals surface area (Å²) >= 11 is 0. The Balaban J connectivity index is 1.90. The number of nitrogens with one attached hydrogen (secondary N) is 1. The first-order valence-corrected chi connectivity index (χ1v) is 6.64. The van der Waals surface area contributed by atoms with Crippen LogP contribution >= 0.6 is 0 Å². The van der Waals surface area contributed by atoms with Crippen LogP contribution in [0.5, 0.6) is 5.75 Å². The monoisotopic (exact) mass is 266 g/mol. The standard InChI is InChI=1S/C17H18N2O/c1-19-16(12-18)11-14-7-9-17(10-8-14)20-13-15-5-3-2-4-6-15/h2-10,16,19H,11,13H2,1H3. The fourth-order valence-electron chi connectivity index (χ4n) is 1.91. The van der Waals surface area contributed by atoms with E-state index in [-0.39, 0.29) is 6.04 Å². The maximum atomic E-state index is 8.92. The van der Waals surface area contributed by atoms with E-state index >= 15 is 0 Å². The molecular formula is C17H18N2O. The Hall–Kier alpha value is -2.31. The fraction of sp³-hybridized carbons (Fsp3) is 0.235. The fourth-order valence-corrected chi connectivity index (χ4v) is 1.91. The molecule has 1 atom stereocenters. The Morgan fingerprint density at radius 3 is 2.35 bits per heavy atom. The number of hydrogen-bond acceptors (Lipinski definition) is 3. The molecule has 0 fully saturated rings. The molecule has 102 valence electrons. The van der Waals surface area contributed by atoms with Crippen LogP contribution in [0.15, 0.2) is 54.6 Å². The lowest BCUT2D eigenvalue weighted by Crippen LogP contribution is -2.25. The van der Waals surface area contributed by atoms with E-state index in [9.17, 15) is 0 Å².